The minimum atomic E-state index is -0.367. The maximum Gasteiger partial charge on any atom is 0.276 e. The number of hydrazine groups is 1. The van der Waals surface area contributed by atoms with Gasteiger partial charge in [0.25, 0.3) is 11.8 Å². The van der Waals surface area contributed by atoms with E-state index in [1.54, 1.807) is 30.3 Å². The second-order valence-electron chi connectivity index (χ2n) is 4.97. The molecule has 0 radical (unpaired) electrons. The highest BCUT2D eigenvalue weighted by Gasteiger charge is 2.34. The molecule has 2 aromatic rings. The number of hydrogen-bond donors (Lipinski definition) is 3. The van der Waals surface area contributed by atoms with Gasteiger partial charge in [0.2, 0.25) is 0 Å². The maximum atomic E-state index is 12.1. The standard InChI is InChI=1S/C16H14N2O4/c19-13-6-5-10(9-14(13)20)7-8-17-18-15(21)11-3-1-2-4-12(11)16(18)22/h1-6,9,17,19-20H,7-8H2. The van der Waals surface area contributed by atoms with E-state index in [0.29, 0.717) is 24.1 Å². The third kappa shape index (κ3) is 2.40. The van der Waals surface area contributed by atoms with Crippen LogP contribution in [0.1, 0.15) is 26.3 Å². The normalized spacial score (nSPS) is 13.5. The quantitative estimate of drug-likeness (QED) is 0.587. The largest absolute Gasteiger partial charge is 0.504 e. The van der Waals surface area contributed by atoms with Crippen LogP contribution in [0.4, 0.5) is 0 Å². The van der Waals surface area contributed by atoms with Crippen LogP contribution < -0.4 is 5.43 Å². The molecule has 0 aromatic heterocycles. The van der Waals surface area contributed by atoms with Gasteiger partial charge < -0.3 is 10.2 Å². The zero-order chi connectivity index (χ0) is 15.7. The van der Waals surface area contributed by atoms with Gasteiger partial charge >= 0.3 is 0 Å². The highest BCUT2D eigenvalue weighted by atomic mass is 16.3. The van der Waals surface area contributed by atoms with Crippen LogP contribution in [0.25, 0.3) is 0 Å². The Labute approximate surface area is 126 Å². The van der Waals surface area contributed by atoms with Gasteiger partial charge in [0, 0.05) is 6.54 Å². The number of fused-ring (bicyclic) bond motifs is 1. The molecule has 0 aliphatic carbocycles. The molecule has 2 amide bonds. The summed E-state index contributed by atoms with van der Waals surface area (Å²) in [6.07, 6.45) is 0.487. The second kappa shape index (κ2) is 5.50. The molecule has 0 unspecified atom stereocenters. The predicted molar refractivity (Wildman–Crippen MR) is 78.4 cm³/mol. The average Bonchev–Trinajstić information content (AvgIpc) is 2.76. The van der Waals surface area contributed by atoms with E-state index in [1.807, 2.05) is 0 Å². The smallest absolute Gasteiger partial charge is 0.276 e. The molecule has 0 spiro atoms. The van der Waals surface area contributed by atoms with Crippen molar-refractivity contribution in [3.8, 4) is 11.5 Å². The number of phenols is 2. The molecule has 0 saturated carbocycles. The molecule has 22 heavy (non-hydrogen) atoms. The lowest BCUT2D eigenvalue weighted by molar-refractivity contribution is 0.0568. The Hall–Kier alpha value is -2.86. The maximum absolute atomic E-state index is 12.1. The van der Waals surface area contributed by atoms with E-state index in [2.05, 4.69) is 5.43 Å². The van der Waals surface area contributed by atoms with Gasteiger partial charge in [-0.2, -0.15) is 0 Å². The Balaban J connectivity index is 1.64. The van der Waals surface area contributed by atoms with Crippen molar-refractivity contribution in [2.24, 2.45) is 0 Å². The van der Waals surface area contributed by atoms with Crippen LogP contribution in [-0.4, -0.2) is 33.6 Å². The minimum absolute atomic E-state index is 0.183. The number of rotatable bonds is 4. The van der Waals surface area contributed by atoms with E-state index < -0.39 is 0 Å². The number of phenolic OH excluding ortho intramolecular Hbond substituents is 2. The van der Waals surface area contributed by atoms with E-state index >= 15 is 0 Å². The van der Waals surface area contributed by atoms with Crippen molar-refractivity contribution in [3.63, 3.8) is 0 Å². The number of carbonyl (C=O) groups is 2. The third-order valence-electron chi connectivity index (χ3n) is 3.52. The lowest BCUT2D eigenvalue weighted by Crippen LogP contribution is -2.43. The van der Waals surface area contributed by atoms with Crippen molar-refractivity contribution in [3.05, 3.63) is 59.2 Å². The first kappa shape index (κ1) is 14.1. The van der Waals surface area contributed by atoms with Crippen LogP contribution in [-0.2, 0) is 6.42 Å². The molecule has 1 aliphatic heterocycles. The highest BCUT2D eigenvalue weighted by Crippen LogP contribution is 2.25. The molecule has 0 atom stereocenters. The number of carbonyl (C=O) groups excluding carboxylic acids is 2. The Bertz CT molecular complexity index is 723. The Morgan fingerprint density at radius 3 is 2.14 bits per heavy atom. The highest BCUT2D eigenvalue weighted by molar-refractivity contribution is 6.20. The van der Waals surface area contributed by atoms with E-state index in [4.69, 9.17) is 0 Å². The second-order valence-corrected chi connectivity index (χ2v) is 4.97. The van der Waals surface area contributed by atoms with Gasteiger partial charge in [-0.25, -0.2) is 10.4 Å². The van der Waals surface area contributed by atoms with E-state index in [-0.39, 0.29) is 23.3 Å². The number of imide groups is 1. The Morgan fingerprint density at radius 2 is 1.55 bits per heavy atom. The topological polar surface area (TPSA) is 89.9 Å². The predicted octanol–water partition coefficient (Wildman–Crippen LogP) is 1.44. The van der Waals surface area contributed by atoms with Crippen LogP contribution in [0, 0.1) is 0 Å². The van der Waals surface area contributed by atoms with Gasteiger partial charge in [-0.3, -0.25) is 9.59 Å². The molecule has 6 nitrogen and oxygen atoms in total. The fourth-order valence-corrected chi connectivity index (χ4v) is 2.37. The van der Waals surface area contributed by atoms with Crippen molar-refractivity contribution in [1.29, 1.82) is 0 Å². The lowest BCUT2D eigenvalue weighted by Gasteiger charge is -2.15. The molecular formula is C16H14N2O4. The molecule has 3 rings (SSSR count). The number of nitrogens with zero attached hydrogens (tertiary/aromatic N) is 1. The monoisotopic (exact) mass is 298 g/mol. The molecule has 1 aliphatic rings. The van der Waals surface area contributed by atoms with E-state index in [0.717, 1.165) is 10.6 Å². The van der Waals surface area contributed by atoms with Crippen LogP contribution in [0.3, 0.4) is 0 Å². The first-order valence-corrected chi connectivity index (χ1v) is 6.80. The number of benzene rings is 2. The van der Waals surface area contributed by atoms with Gasteiger partial charge in [-0.05, 0) is 36.2 Å². The van der Waals surface area contributed by atoms with Crippen molar-refractivity contribution < 1.29 is 19.8 Å². The molecule has 0 bridgehead atoms. The van der Waals surface area contributed by atoms with Gasteiger partial charge in [-0.15, -0.1) is 0 Å². The Morgan fingerprint density at radius 1 is 0.909 bits per heavy atom. The van der Waals surface area contributed by atoms with Crippen molar-refractivity contribution >= 4 is 11.8 Å². The van der Waals surface area contributed by atoms with Crippen molar-refractivity contribution in [1.82, 2.24) is 10.4 Å². The Kier molecular flexibility index (Phi) is 3.52. The average molecular weight is 298 g/mol. The van der Waals surface area contributed by atoms with E-state index in [9.17, 15) is 19.8 Å². The number of aromatic hydroxyl groups is 2. The van der Waals surface area contributed by atoms with Crippen LogP contribution in [0.5, 0.6) is 11.5 Å². The van der Waals surface area contributed by atoms with Gasteiger partial charge in [-0.1, -0.05) is 18.2 Å². The zero-order valence-corrected chi connectivity index (χ0v) is 11.6. The summed E-state index contributed by atoms with van der Waals surface area (Å²) in [7, 11) is 0. The summed E-state index contributed by atoms with van der Waals surface area (Å²) in [4.78, 5) is 24.2. The summed E-state index contributed by atoms with van der Waals surface area (Å²) < 4.78 is 0. The summed E-state index contributed by atoms with van der Waals surface area (Å²) in [5.41, 5.74) is 4.36. The summed E-state index contributed by atoms with van der Waals surface area (Å²) in [5, 5.41) is 19.7. The summed E-state index contributed by atoms with van der Waals surface area (Å²) >= 11 is 0. The summed E-state index contributed by atoms with van der Waals surface area (Å²) in [6, 6.07) is 11.2. The SMILES string of the molecule is O=C1c2ccccc2C(=O)N1NCCc1ccc(O)c(O)c1. The first-order chi connectivity index (χ1) is 10.6. The minimum Gasteiger partial charge on any atom is -0.504 e. The molecule has 112 valence electrons. The molecule has 0 fully saturated rings. The van der Waals surface area contributed by atoms with Gasteiger partial charge in [0.15, 0.2) is 11.5 Å². The fourth-order valence-electron chi connectivity index (χ4n) is 2.37. The number of amides is 2. The number of hydrogen-bond acceptors (Lipinski definition) is 5. The molecule has 6 heteroatoms. The van der Waals surface area contributed by atoms with Gasteiger partial charge in [0.1, 0.15) is 0 Å². The number of nitrogens with one attached hydrogen (secondary N) is 1. The molecule has 0 saturated heterocycles. The molecule has 1 heterocycles. The fraction of sp³-hybridized carbons (Fsp3) is 0.125. The summed E-state index contributed by atoms with van der Waals surface area (Å²) in [5.74, 6) is -1.11. The van der Waals surface area contributed by atoms with Crippen molar-refractivity contribution in [2.45, 2.75) is 6.42 Å². The lowest BCUT2D eigenvalue weighted by atomic mass is 10.1. The van der Waals surface area contributed by atoms with Crippen LogP contribution >= 0.6 is 0 Å². The molecule has 2 aromatic carbocycles. The third-order valence-corrected chi connectivity index (χ3v) is 3.52. The zero-order valence-electron chi connectivity index (χ0n) is 11.6. The van der Waals surface area contributed by atoms with Crippen LogP contribution in [0.2, 0.25) is 0 Å². The van der Waals surface area contributed by atoms with Gasteiger partial charge in [0.05, 0.1) is 11.1 Å². The molecular weight excluding hydrogens is 284 g/mol. The van der Waals surface area contributed by atoms with E-state index in [1.165, 1.54) is 12.1 Å². The van der Waals surface area contributed by atoms with Crippen molar-refractivity contribution in [2.75, 3.05) is 6.54 Å². The molecule has 3 N–H and O–H groups in total. The first-order valence-electron chi connectivity index (χ1n) is 6.80. The summed E-state index contributed by atoms with van der Waals surface area (Å²) in [6.45, 7) is 0.343. The van der Waals surface area contributed by atoms with Crippen LogP contribution in [0.15, 0.2) is 42.5 Å².